The first-order valence-corrected chi connectivity index (χ1v) is 6.11. The van der Waals surface area contributed by atoms with Crippen LogP contribution in [0.25, 0.3) is 0 Å². The zero-order chi connectivity index (χ0) is 14.4. The van der Waals surface area contributed by atoms with E-state index in [1.54, 1.807) is 4.90 Å². The number of rotatable bonds is 4. The van der Waals surface area contributed by atoms with Gasteiger partial charge in [-0.1, -0.05) is 0 Å². The molecule has 0 bridgehead atoms. The van der Waals surface area contributed by atoms with E-state index in [0.29, 0.717) is 13.1 Å². The van der Waals surface area contributed by atoms with Crippen molar-refractivity contribution in [3.05, 3.63) is 11.1 Å². The van der Waals surface area contributed by atoms with Crippen LogP contribution in [0.5, 0.6) is 0 Å². The number of hydrogen-bond acceptors (Lipinski definition) is 4. The molecule has 7 nitrogen and oxygen atoms in total. The monoisotopic (exact) mass is 269 g/mol. The van der Waals surface area contributed by atoms with Crippen molar-refractivity contribution in [2.75, 3.05) is 32.7 Å². The van der Waals surface area contributed by atoms with Gasteiger partial charge in [0, 0.05) is 37.3 Å². The third-order valence-electron chi connectivity index (χ3n) is 3.09. The van der Waals surface area contributed by atoms with Crippen molar-refractivity contribution in [3.63, 3.8) is 0 Å². The van der Waals surface area contributed by atoms with E-state index in [-0.39, 0.29) is 23.6 Å². The molecule has 0 aliphatic carbocycles. The molecule has 106 valence electrons. The van der Waals surface area contributed by atoms with Crippen LogP contribution in [0.4, 0.5) is 0 Å². The topological polar surface area (TPSA) is 98.7 Å². The number of carbonyl (C=O) groups is 3. The van der Waals surface area contributed by atoms with Crippen LogP contribution in [-0.2, 0) is 14.4 Å². The molecule has 0 aromatic carbocycles. The molecule has 0 unspecified atom stereocenters. The van der Waals surface area contributed by atoms with E-state index < -0.39 is 11.9 Å². The quantitative estimate of drug-likeness (QED) is 0.566. The van der Waals surface area contributed by atoms with Crippen LogP contribution in [0.2, 0.25) is 0 Å². The average Bonchev–Trinajstić information content (AvgIpc) is 2.43. The zero-order valence-corrected chi connectivity index (χ0v) is 11.2. The second-order valence-electron chi connectivity index (χ2n) is 4.37. The maximum atomic E-state index is 11.8. The van der Waals surface area contributed by atoms with Crippen molar-refractivity contribution in [1.82, 2.24) is 15.5 Å². The summed E-state index contributed by atoms with van der Waals surface area (Å²) in [5.74, 6) is -1.82. The number of carboxylic acids is 1. The van der Waals surface area contributed by atoms with E-state index in [0.717, 1.165) is 13.1 Å². The van der Waals surface area contributed by atoms with Gasteiger partial charge in [0.15, 0.2) is 0 Å². The van der Waals surface area contributed by atoms with Crippen LogP contribution >= 0.6 is 0 Å². The number of amides is 2. The van der Waals surface area contributed by atoms with Crippen molar-refractivity contribution < 1.29 is 19.5 Å². The van der Waals surface area contributed by atoms with Crippen LogP contribution in [0, 0.1) is 0 Å². The smallest absolute Gasteiger partial charge is 0.331 e. The highest BCUT2D eigenvalue weighted by Gasteiger charge is 2.18. The van der Waals surface area contributed by atoms with Gasteiger partial charge in [-0.25, -0.2) is 4.79 Å². The number of carbonyl (C=O) groups excluding carboxylic acids is 2. The molecule has 2 amide bonds. The number of nitrogens with zero attached hydrogens (tertiary/aromatic N) is 1. The van der Waals surface area contributed by atoms with Crippen LogP contribution in [0.1, 0.15) is 13.8 Å². The average molecular weight is 269 g/mol. The van der Waals surface area contributed by atoms with Crippen LogP contribution in [-0.4, -0.2) is 60.5 Å². The van der Waals surface area contributed by atoms with Crippen molar-refractivity contribution in [3.8, 4) is 0 Å². The van der Waals surface area contributed by atoms with E-state index >= 15 is 0 Å². The van der Waals surface area contributed by atoms with E-state index in [2.05, 4.69) is 10.6 Å². The van der Waals surface area contributed by atoms with Crippen molar-refractivity contribution in [2.45, 2.75) is 13.8 Å². The lowest BCUT2D eigenvalue weighted by Crippen LogP contribution is -2.49. The van der Waals surface area contributed by atoms with Crippen molar-refractivity contribution in [1.29, 1.82) is 0 Å². The fourth-order valence-corrected chi connectivity index (χ4v) is 1.65. The predicted octanol–water partition coefficient (Wildman–Crippen LogP) is -1.04. The van der Waals surface area contributed by atoms with Gasteiger partial charge in [-0.2, -0.15) is 0 Å². The Balaban J connectivity index is 2.48. The number of nitrogens with one attached hydrogen (secondary N) is 2. The van der Waals surface area contributed by atoms with Crippen LogP contribution in [0.15, 0.2) is 11.1 Å². The van der Waals surface area contributed by atoms with Gasteiger partial charge in [0.05, 0.1) is 6.54 Å². The minimum absolute atomic E-state index is 0.0212. The van der Waals surface area contributed by atoms with Gasteiger partial charge in [0.1, 0.15) is 0 Å². The second kappa shape index (κ2) is 6.89. The molecule has 3 N–H and O–H groups in total. The molecule has 0 aromatic heterocycles. The number of aliphatic carboxylic acids is 1. The zero-order valence-electron chi connectivity index (χ0n) is 11.2. The fraction of sp³-hybridized carbons (Fsp3) is 0.583. The van der Waals surface area contributed by atoms with Gasteiger partial charge in [-0.05, 0) is 13.8 Å². The SMILES string of the molecule is C/C(C(=O)O)=C(\C)C(=O)NCC(=O)N1CCNCC1. The summed E-state index contributed by atoms with van der Waals surface area (Å²) >= 11 is 0. The summed E-state index contributed by atoms with van der Waals surface area (Å²) in [4.78, 5) is 35.8. The standard InChI is InChI=1S/C12H19N3O4/c1-8(9(2)12(18)19)11(17)14-7-10(16)15-5-3-13-4-6-15/h13H,3-7H2,1-2H3,(H,14,17)(H,18,19)/b9-8-. The maximum Gasteiger partial charge on any atom is 0.331 e. The van der Waals surface area contributed by atoms with Crippen LogP contribution in [0.3, 0.4) is 0 Å². The molecule has 1 fully saturated rings. The molecular formula is C12H19N3O4. The Morgan fingerprint density at radius 2 is 1.74 bits per heavy atom. The third-order valence-corrected chi connectivity index (χ3v) is 3.09. The Bertz CT molecular complexity index is 411. The number of piperazine rings is 1. The molecule has 0 aromatic rings. The Labute approximate surface area is 111 Å². The van der Waals surface area contributed by atoms with E-state index in [4.69, 9.17) is 5.11 Å². The Hall–Kier alpha value is -1.89. The van der Waals surface area contributed by atoms with E-state index in [1.165, 1.54) is 13.8 Å². The second-order valence-corrected chi connectivity index (χ2v) is 4.37. The summed E-state index contributed by atoms with van der Waals surface area (Å²) < 4.78 is 0. The van der Waals surface area contributed by atoms with Crippen molar-refractivity contribution in [2.24, 2.45) is 0 Å². The highest BCUT2D eigenvalue weighted by Crippen LogP contribution is 2.03. The molecule has 0 saturated carbocycles. The Kier molecular flexibility index (Phi) is 5.50. The summed E-state index contributed by atoms with van der Waals surface area (Å²) in [6.45, 7) is 5.41. The van der Waals surface area contributed by atoms with Crippen molar-refractivity contribution >= 4 is 17.8 Å². The Morgan fingerprint density at radius 3 is 2.26 bits per heavy atom. The minimum Gasteiger partial charge on any atom is -0.478 e. The molecule has 0 spiro atoms. The van der Waals surface area contributed by atoms with Gasteiger partial charge in [-0.15, -0.1) is 0 Å². The molecule has 1 heterocycles. The Morgan fingerprint density at radius 1 is 1.16 bits per heavy atom. The molecule has 1 aliphatic heterocycles. The minimum atomic E-state index is -1.14. The molecule has 0 radical (unpaired) electrons. The highest BCUT2D eigenvalue weighted by molar-refractivity contribution is 6.02. The number of carboxylic acid groups (broad SMARTS) is 1. The van der Waals surface area contributed by atoms with Gasteiger partial charge in [0.25, 0.3) is 0 Å². The highest BCUT2D eigenvalue weighted by atomic mass is 16.4. The first-order valence-electron chi connectivity index (χ1n) is 6.11. The predicted molar refractivity (Wildman–Crippen MR) is 68.5 cm³/mol. The lowest BCUT2D eigenvalue weighted by Gasteiger charge is -2.27. The summed E-state index contributed by atoms with van der Waals surface area (Å²) in [6.07, 6.45) is 0. The summed E-state index contributed by atoms with van der Waals surface area (Å²) in [5, 5.41) is 14.3. The van der Waals surface area contributed by atoms with E-state index in [9.17, 15) is 14.4 Å². The third kappa shape index (κ3) is 4.36. The summed E-state index contributed by atoms with van der Waals surface area (Å²) in [5.41, 5.74) is 0.0905. The summed E-state index contributed by atoms with van der Waals surface area (Å²) in [7, 11) is 0. The lowest BCUT2D eigenvalue weighted by molar-refractivity contribution is -0.133. The molecule has 7 heteroatoms. The first-order chi connectivity index (χ1) is 8.93. The maximum absolute atomic E-state index is 11.8. The van der Waals surface area contributed by atoms with Gasteiger partial charge in [0.2, 0.25) is 11.8 Å². The summed E-state index contributed by atoms with van der Waals surface area (Å²) in [6, 6.07) is 0. The molecular weight excluding hydrogens is 250 g/mol. The van der Waals surface area contributed by atoms with Crippen LogP contribution < -0.4 is 10.6 Å². The van der Waals surface area contributed by atoms with Gasteiger partial charge >= 0.3 is 5.97 Å². The largest absolute Gasteiger partial charge is 0.478 e. The molecule has 19 heavy (non-hydrogen) atoms. The van der Waals surface area contributed by atoms with E-state index in [1.807, 2.05) is 0 Å². The lowest BCUT2D eigenvalue weighted by atomic mass is 10.1. The van der Waals surface area contributed by atoms with Gasteiger partial charge in [-0.3, -0.25) is 9.59 Å². The first kappa shape index (κ1) is 15.2. The molecule has 1 aliphatic rings. The molecule has 0 atom stereocenters. The fourth-order valence-electron chi connectivity index (χ4n) is 1.65. The van der Waals surface area contributed by atoms with Gasteiger partial charge < -0.3 is 20.6 Å². The normalized spacial score (nSPS) is 16.6. The number of hydrogen-bond donors (Lipinski definition) is 3. The molecule has 1 rings (SSSR count). The molecule has 1 saturated heterocycles.